The van der Waals surface area contributed by atoms with E-state index in [9.17, 15) is 19.2 Å². The first-order valence-corrected chi connectivity index (χ1v) is 7.14. The van der Waals surface area contributed by atoms with Gasteiger partial charge < -0.3 is 29.8 Å². The molecular weight excluding hydrogens is 294 g/mol. The van der Waals surface area contributed by atoms with Crippen molar-refractivity contribution in [2.24, 2.45) is 0 Å². The molecule has 2 fully saturated rings. The molecule has 3 amide bonds. The van der Waals surface area contributed by atoms with Crippen LogP contribution in [0.3, 0.4) is 0 Å². The van der Waals surface area contributed by atoms with Crippen molar-refractivity contribution < 1.29 is 29.0 Å². The van der Waals surface area contributed by atoms with Gasteiger partial charge >= 0.3 is 6.09 Å². The number of nitrogens with one attached hydrogen (secondary N) is 1. The van der Waals surface area contributed by atoms with E-state index in [-0.39, 0.29) is 25.3 Å². The van der Waals surface area contributed by atoms with Gasteiger partial charge in [-0.25, -0.2) is 4.79 Å². The van der Waals surface area contributed by atoms with E-state index < -0.39 is 24.1 Å². The van der Waals surface area contributed by atoms with Crippen molar-refractivity contribution in [3.8, 4) is 0 Å². The summed E-state index contributed by atoms with van der Waals surface area (Å²) in [5, 5.41) is 10.8. The van der Waals surface area contributed by atoms with Crippen molar-refractivity contribution in [2.75, 3.05) is 32.8 Å². The van der Waals surface area contributed by atoms with E-state index in [1.807, 2.05) is 0 Å². The lowest BCUT2D eigenvalue weighted by atomic mass is 10.1. The summed E-state index contributed by atoms with van der Waals surface area (Å²) in [6.45, 7) is 1.95. The van der Waals surface area contributed by atoms with E-state index in [0.717, 1.165) is 0 Å². The first-order chi connectivity index (χ1) is 10.5. The molecule has 0 aromatic carbocycles. The van der Waals surface area contributed by atoms with Gasteiger partial charge in [0.25, 0.3) is 0 Å². The van der Waals surface area contributed by atoms with Crippen LogP contribution in [0.15, 0.2) is 0 Å². The Morgan fingerprint density at radius 3 is 2.64 bits per heavy atom. The number of aldehydes is 1. The summed E-state index contributed by atoms with van der Waals surface area (Å²) in [6, 6.07) is -1.73. The average Bonchev–Trinajstić information content (AvgIpc) is 2.85. The van der Waals surface area contributed by atoms with Gasteiger partial charge in [-0.15, -0.1) is 0 Å². The summed E-state index contributed by atoms with van der Waals surface area (Å²) in [7, 11) is 0. The maximum atomic E-state index is 12.5. The molecule has 0 unspecified atom stereocenters. The molecule has 2 atom stereocenters. The topological polar surface area (TPSA) is 116 Å². The third kappa shape index (κ3) is 3.53. The van der Waals surface area contributed by atoms with Crippen molar-refractivity contribution in [1.29, 1.82) is 0 Å². The maximum absolute atomic E-state index is 12.5. The van der Waals surface area contributed by atoms with Gasteiger partial charge in [0.05, 0.1) is 13.2 Å². The van der Waals surface area contributed by atoms with Crippen LogP contribution in [0.5, 0.6) is 0 Å². The third-order valence-corrected chi connectivity index (χ3v) is 3.84. The number of carboxylic acid groups (broad SMARTS) is 1. The highest BCUT2D eigenvalue weighted by atomic mass is 16.5. The number of hydrogen-bond donors (Lipinski definition) is 2. The minimum Gasteiger partial charge on any atom is -0.465 e. The lowest BCUT2D eigenvalue weighted by Crippen LogP contribution is -2.53. The molecule has 0 saturated carbocycles. The van der Waals surface area contributed by atoms with Gasteiger partial charge in [-0.3, -0.25) is 9.59 Å². The highest BCUT2D eigenvalue weighted by Gasteiger charge is 2.40. The number of carbonyl (C=O) groups is 4. The first-order valence-electron chi connectivity index (χ1n) is 7.14. The van der Waals surface area contributed by atoms with Gasteiger partial charge in [-0.2, -0.15) is 0 Å². The number of rotatable bonds is 5. The lowest BCUT2D eigenvalue weighted by molar-refractivity contribution is -0.147. The van der Waals surface area contributed by atoms with Crippen LogP contribution >= 0.6 is 0 Å². The molecule has 0 bridgehead atoms. The van der Waals surface area contributed by atoms with Crippen molar-refractivity contribution in [3.63, 3.8) is 0 Å². The second-order valence-electron chi connectivity index (χ2n) is 5.18. The first kappa shape index (κ1) is 16.2. The van der Waals surface area contributed by atoms with Gasteiger partial charge in [-0.1, -0.05) is 0 Å². The van der Waals surface area contributed by atoms with Gasteiger partial charge in [0.2, 0.25) is 11.8 Å². The molecule has 22 heavy (non-hydrogen) atoms. The SMILES string of the molecule is O=CC[C@@H](C(=O)N1CCOCC1)N1CC[C@H](NC(=O)O)C1=O. The number of hydrogen-bond acceptors (Lipinski definition) is 5. The molecule has 2 rings (SSSR count). The van der Waals surface area contributed by atoms with E-state index in [0.29, 0.717) is 32.6 Å². The molecular formula is C13H19N3O6. The van der Waals surface area contributed by atoms with Crippen LogP contribution in [0.1, 0.15) is 12.8 Å². The zero-order valence-corrected chi connectivity index (χ0v) is 12.1. The van der Waals surface area contributed by atoms with Crippen LogP contribution in [-0.4, -0.2) is 84.0 Å². The monoisotopic (exact) mass is 313 g/mol. The largest absolute Gasteiger partial charge is 0.465 e. The molecule has 9 heteroatoms. The smallest absolute Gasteiger partial charge is 0.405 e. The molecule has 0 aromatic rings. The second kappa shape index (κ2) is 7.21. The minimum atomic E-state index is -1.29. The Hall–Kier alpha value is -2.16. The van der Waals surface area contributed by atoms with Gasteiger partial charge in [0.1, 0.15) is 18.4 Å². The molecule has 2 saturated heterocycles. The summed E-state index contributed by atoms with van der Waals surface area (Å²) in [6.07, 6.45) is -0.487. The van der Waals surface area contributed by atoms with E-state index in [2.05, 4.69) is 5.32 Å². The van der Waals surface area contributed by atoms with Crippen molar-refractivity contribution in [1.82, 2.24) is 15.1 Å². The minimum absolute atomic E-state index is 0.0955. The third-order valence-electron chi connectivity index (χ3n) is 3.84. The molecule has 0 spiro atoms. The van der Waals surface area contributed by atoms with Crippen LogP contribution in [0.2, 0.25) is 0 Å². The van der Waals surface area contributed by atoms with Crippen molar-refractivity contribution >= 4 is 24.2 Å². The number of amides is 3. The molecule has 2 N–H and O–H groups in total. The quantitative estimate of drug-likeness (QED) is 0.608. The molecule has 0 aliphatic carbocycles. The van der Waals surface area contributed by atoms with Crippen LogP contribution in [0, 0.1) is 0 Å². The number of ether oxygens (including phenoxy) is 1. The second-order valence-corrected chi connectivity index (χ2v) is 5.18. The Morgan fingerprint density at radius 2 is 2.05 bits per heavy atom. The Labute approximate surface area is 127 Å². The molecule has 0 radical (unpaired) electrons. The summed E-state index contributed by atoms with van der Waals surface area (Å²) >= 11 is 0. The van der Waals surface area contributed by atoms with Crippen LogP contribution in [0.4, 0.5) is 4.79 Å². The summed E-state index contributed by atoms with van der Waals surface area (Å²) in [5.74, 6) is -0.754. The predicted octanol–water partition coefficient (Wildman–Crippen LogP) is -1.33. The normalized spacial score (nSPS) is 23.3. The molecule has 2 heterocycles. The summed E-state index contributed by atoms with van der Waals surface area (Å²) in [4.78, 5) is 49.2. The molecule has 2 aliphatic heterocycles. The summed E-state index contributed by atoms with van der Waals surface area (Å²) in [5.41, 5.74) is 0. The van der Waals surface area contributed by atoms with Crippen LogP contribution in [-0.2, 0) is 19.1 Å². The Kier molecular flexibility index (Phi) is 5.31. The number of morpholine rings is 1. The Morgan fingerprint density at radius 1 is 1.36 bits per heavy atom. The zero-order valence-electron chi connectivity index (χ0n) is 12.1. The highest BCUT2D eigenvalue weighted by Crippen LogP contribution is 2.18. The average molecular weight is 313 g/mol. The Bertz CT molecular complexity index is 463. The highest BCUT2D eigenvalue weighted by molar-refractivity contribution is 5.93. The van der Waals surface area contributed by atoms with Crippen LogP contribution in [0.25, 0.3) is 0 Å². The zero-order chi connectivity index (χ0) is 16.1. The molecule has 2 aliphatic rings. The summed E-state index contributed by atoms with van der Waals surface area (Å²) < 4.78 is 5.18. The number of likely N-dealkylation sites (tertiary alicyclic amines) is 1. The number of nitrogens with zero attached hydrogens (tertiary/aromatic N) is 2. The fourth-order valence-corrected chi connectivity index (χ4v) is 2.74. The van der Waals surface area contributed by atoms with Crippen LogP contribution < -0.4 is 5.32 Å². The van der Waals surface area contributed by atoms with E-state index >= 15 is 0 Å². The van der Waals surface area contributed by atoms with Crippen molar-refractivity contribution in [3.05, 3.63) is 0 Å². The number of carbonyl (C=O) groups excluding carboxylic acids is 3. The predicted molar refractivity (Wildman–Crippen MR) is 73.1 cm³/mol. The molecule has 0 aromatic heterocycles. The van der Waals surface area contributed by atoms with E-state index in [1.165, 1.54) is 4.90 Å². The van der Waals surface area contributed by atoms with E-state index in [1.54, 1.807) is 4.90 Å². The van der Waals surface area contributed by atoms with Gasteiger partial charge in [0, 0.05) is 26.1 Å². The Balaban J connectivity index is 2.07. The fraction of sp³-hybridized carbons (Fsp3) is 0.692. The van der Waals surface area contributed by atoms with Gasteiger partial charge in [0.15, 0.2) is 0 Å². The standard InChI is InChI=1S/C13H19N3O6/c17-6-2-10(12(19)15-4-7-22-8-5-15)16-3-1-9(11(16)18)14-13(20)21/h6,9-10,14H,1-5,7-8H2,(H,20,21)/t9-,10-/m0/s1. The lowest BCUT2D eigenvalue weighted by Gasteiger charge is -2.33. The fourth-order valence-electron chi connectivity index (χ4n) is 2.74. The maximum Gasteiger partial charge on any atom is 0.405 e. The van der Waals surface area contributed by atoms with Gasteiger partial charge in [-0.05, 0) is 6.42 Å². The van der Waals surface area contributed by atoms with Crippen molar-refractivity contribution in [2.45, 2.75) is 24.9 Å². The molecule has 122 valence electrons. The van der Waals surface area contributed by atoms with E-state index in [4.69, 9.17) is 9.84 Å². The molecule has 9 nitrogen and oxygen atoms in total.